The number of carbonyl (C=O) groups is 1. The van der Waals surface area contributed by atoms with Crippen molar-refractivity contribution in [2.75, 3.05) is 5.75 Å². The van der Waals surface area contributed by atoms with Crippen LogP contribution in [-0.4, -0.2) is 32.1 Å². The third-order valence-electron chi connectivity index (χ3n) is 4.31. The van der Waals surface area contributed by atoms with Crippen LogP contribution in [-0.2, 0) is 4.79 Å². The normalized spacial score (nSPS) is 11.5. The van der Waals surface area contributed by atoms with E-state index < -0.39 is 0 Å². The van der Waals surface area contributed by atoms with Crippen molar-refractivity contribution in [1.82, 2.24) is 20.2 Å². The molecule has 156 valence electrons. The smallest absolute Gasteiger partial charge is 0.250 e. The van der Waals surface area contributed by atoms with Crippen molar-refractivity contribution in [1.29, 1.82) is 0 Å². The third-order valence-corrected chi connectivity index (χ3v) is 6.74. The maximum Gasteiger partial charge on any atom is 0.250 e. The minimum atomic E-state index is -0.200. The van der Waals surface area contributed by atoms with Gasteiger partial charge in [-0.25, -0.2) is 5.43 Å². The first-order chi connectivity index (χ1) is 15.1. The summed E-state index contributed by atoms with van der Waals surface area (Å²) >= 11 is 6.36. The molecule has 1 amide bonds. The number of hydrogen-bond donors (Lipinski definition) is 1. The van der Waals surface area contributed by atoms with Crippen LogP contribution in [0.5, 0.6) is 0 Å². The Hall–Kier alpha value is -2.75. The van der Waals surface area contributed by atoms with Crippen LogP contribution in [0.15, 0.2) is 86.8 Å². The summed E-state index contributed by atoms with van der Waals surface area (Å²) in [6.45, 7) is 1.87. The van der Waals surface area contributed by atoms with Gasteiger partial charge in [0.1, 0.15) is 0 Å². The Morgan fingerprint density at radius 1 is 1.10 bits per heavy atom. The van der Waals surface area contributed by atoms with Crippen LogP contribution in [0.2, 0.25) is 0 Å². The van der Waals surface area contributed by atoms with Crippen molar-refractivity contribution in [2.45, 2.75) is 12.1 Å². The highest BCUT2D eigenvalue weighted by molar-refractivity contribution is 9.10. The lowest BCUT2D eigenvalue weighted by Gasteiger charge is -2.10. The number of nitrogens with one attached hydrogen (secondary N) is 1. The SMILES string of the molecule is C/C(=N\NC(=O)CSc1nnc(-c2ccc(Br)cc2)n1-c1ccccc1)c1cccs1. The molecule has 2 aromatic carbocycles. The predicted molar refractivity (Wildman–Crippen MR) is 130 cm³/mol. The van der Waals surface area contributed by atoms with Crippen LogP contribution in [0.3, 0.4) is 0 Å². The number of halogens is 1. The molecule has 4 aromatic rings. The quantitative estimate of drug-likeness (QED) is 0.205. The summed E-state index contributed by atoms with van der Waals surface area (Å²) in [5.41, 5.74) is 5.26. The number of hydrazone groups is 1. The molecule has 0 atom stereocenters. The van der Waals surface area contributed by atoms with Gasteiger partial charge in [-0.1, -0.05) is 64.1 Å². The van der Waals surface area contributed by atoms with Gasteiger partial charge >= 0.3 is 0 Å². The molecule has 0 spiro atoms. The second kappa shape index (κ2) is 10.0. The van der Waals surface area contributed by atoms with Crippen LogP contribution in [0, 0.1) is 0 Å². The van der Waals surface area contributed by atoms with E-state index in [4.69, 9.17) is 0 Å². The average molecular weight is 512 g/mol. The van der Waals surface area contributed by atoms with Gasteiger partial charge in [-0.3, -0.25) is 9.36 Å². The molecule has 0 saturated heterocycles. The molecule has 2 aromatic heterocycles. The topological polar surface area (TPSA) is 72.2 Å². The molecule has 6 nitrogen and oxygen atoms in total. The maximum atomic E-state index is 12.4. The number of rotatable bonds is 7. The van der Waals surface area contributed by atoms with E-state index in [0.29, 0.717) is 11.0 Å². The van der Waals surface area contributed by atoms with Crippen LogP contribution >= 0.6 is 39.0 Å². The van der Waals surface area contributed by atoms with Gasteiger partial charge in [0.25, 0.3) is 5.91 Å². The molecule has 9 heteroatoms. The van der Waals surface area contributed by atoms with Crippen molar-refractivity contribution in [2.24, 2.45) is 5.10 Å². The van der Waals surface area contributed by atoms with E-state index in [1.54, 1.807) is 11.3 Å². The first kappa shape index (κ1) is 21.5. The van der Waals surface area contributed by atoms with Gasteiger partial charge in [0.05, 0.1) is 11.5 Å². The van der Waals surface area contributed by atoms with Crippen molar-refractivity contribution < 1.29 is 4.79 Å². The molecule has 2 heterocycles. The standard InChI is InChI=1S/C22H18BrN5OS2/c1-15(19-8-5-13-30-19)24-25-20(29)14-31-22-27-26-21(16-9-11-17(23)12-10-16)28(22)18-6-3-2-4-7-18/h2-13H,14H2,1H3,(H,25,29)/b24-15+. The van der Waals surface area contributed by atoms with Gasteiger partial charge in [-0.05, 0) is 42.6 Å². The fraction of sp³-hybridized carbons (Fsp3) is 0.0909. The second-order valence-electron chi connectivity index (χ2n) is 6.48. The van der Waals surface area contributed by atoms with Gasteiger partial charge in [0.15, 0.2) is 11.0 Å². The third kappa shape index (κ3) is 5.30. The number of aromatic nitrogens is 3. The number of benzene rings is 2. The highest BCUT2D eigenvalue weighted by Crippen LogP contribution is 2.28. The largest absolute Gasteiger partial charge is 0.272 e. The summed E-state index contributed by atoms with van der Waals surface area (Å²) in [5, 5.41) is 15.5. The Labute approximate surface area is 196 Å². The Kier molecular flexibility index (Phi) is 6.96. The molecule has 0 radical (unpaired) electrons. The first-order valence-corrected chi connectivity index (χ1v) is 12.0. The average Bonchev–Trinajstić information content (AvgIpc) is 3.47. The van der Waals surface area contributed by atoms with Gasteiger partial charge in [-0.15, -0.1) is 21.5 Å². The van der Waals surface area contributed by atoms with Crippen molar-refractivity contribution in [3.05, 3.63) is 81.5 Å². The van der Waals surface area contributed by atoms with Gasteiger partial charge in [0.2, 0.25) is 0 Å². The van der Waals surface area contributed by atoms with Crippen LogP contribution in [0.1, 0.15) is 11.8 Å². The molecule has 0 fully saturated rings. The molecule has 0 aliphatic rings. The molecular weight excluding hydrogens is 494 g/mol. The van der Waals surface area contributed by atoms with E-state index in [0.717, 1.165) is 26.3 Å². The van der Waals surface area contributed by atoms with Crippen molar-refractivity contribution in [3.63, 3.8) is 0 Å². The summed E-state index contributed by atoms with van der Waals surface area (Å²) in [4.78, 5) is 13.4. The number of thioether (sulfide) groups is 1. The molecule has 0 unspecified atom stereocenters. The lowest BCUT2D eigenvalue weighted by molar-refractivity contribution is -0.118. The number of amides is 1. The number of carbonyl (C=O) groups excluding carboxylic acids is 1. The number of para-hydroxylation sites is 1. The summed E-state index contributed by atoms with van der Waals surface area (Å²) in [6, 6.07) is 21.7. The Bertz CT molecular complexity index is 1190. The number of hydrogen-bond acceptors (Lipinski definition) is 6. The van der Waals surface area contributed by atoms with E-state index >= 15 is 0 Å². The first-order valence-electron chi connectivity index (χ1n) is 9.38. The summed E-state index contributed by atoms with van der Waals surface area (Å²) in [6.07, 6.45) is 0. The summed E-state index contributed by atoms with van der Waals surface area (Å²) in [5.74, 6) is 0.689. The zero-order valence-corrected chi connectivity index (χ0v) is 19.7. The lowest BCUT2D eigenvalue weighted by Crippen LogP contribution is -2.21. The van der Waals surface area contributed by atoms with E-state index in [9.17, 15) is 4.79 Å². The Morgan fingerprint density at radius 2 is 1.87 bits per heavy atom. The van der Waals surface area contributed by atoms with Gasteiger partial charge < -0.3 is 0 Å². The zero-order chi connectivity index (χ0) is 21.6. The van der Waals surface area contributed by atoms with E-state index in [-0.39, 0.29) is 11.7 Å². The minimum absolute atomic E-state index is 0.173. The molecule has 0 saturated carbocycles. The number of nitrogens with zero attached hydrogens (tertiary/aromatic N) is 4. The highest BCUT2D eigenvalue weighted by Gasteiger charge is 2.17. The lowest BCUT2D eigenvalue weighted by atomic mass is 10.2. The van der Waals surface area contributed by atoms with Crippen LogP contribution in [0.4, 0.5) is 0 Å². The van der Waals surface area contributed by atoms with Crippen LogP contribution in [0.25, 0.3) is 17.1 Å². The zero-order valence-electron chi connectivity index (χ0n) is 16.5. The molecule has 0 bridgehead atoms. The number of thiophene rings is 1. The molecule has 1 N–H and O–H groups in total. The summed E-state index contributed by atoms with van der Waals surface area (Å²) < 4.78 is 2.95. The second-order valence-corrected chi connectivity index (χ2v) is 9.29. The van der Waals surface area contributed by atoms with E-state index in [2.05, 4.69) is 36.7 Å². The molecule has 0 aliphatic carbocycles. The minimum Gasteiger partial charge on any atom is -0.272 e. The van der Waals surface area contributed by atoms with E-state index in [1.807, 2.05) is 83.6 Å². The predicted octanol–water partition coefficient (Wildman–Crippen LogP) is 5.39. The Balaban J connectivity index is 1.53. The molecule has 31 heavy (non-hydrogen) atoms. The van der Waals surface area contributed by atoms with Crippen molar-refractivity contribution in [3.8, 4) is 17.1 Å². The van der Waals surface area contributed by atoms with Crippen molar-refractivity contribution >= 4 is 50.6 Å². The monoisotopic (exact) mass is 511 g/mol. The molecular formula is C22H18BrN5OS2. The molecule has 0 aliphatic heterocycles. The highest BCUT2D eigenvalue weighted by atomic mass is 79.9. The maximum absolute atomic E-state index is 12.4. The van der Waals surface area contributed by atoms with E-state index in [1.165, 1.54) is 11.8 Å². The van der Waals surface area contributed by atoms with Gasteiger partial charge in [0, 0.05) is 20.6 Å². The van der Waals surface area contributed by atoms with Gasteiger partial charge in [-0.2, -0.15) is 5.10 Å². The van der Waals surface area contributed by atoms with Crippen LogP contribution < -0.4 is 5.43 Å². The Morgan fingerprint density at radius 3 is 2.58 bits per heavy atom. The molecule has 4 rings (SSSR count). The fourth-order valence-electron chi connectivity index (χ4n) is 2.81. The summed E-state index contributed by atoms with van der Waals surface area (Å²) in [7, 11) is 0. The fourth-order valence-corrected chi connectivity index (χ4v) is 4.49.